The summed E-state index contributed by atoms with van der Waals surface area (Å²) in [5, 5.41) is 3.51. The molecule has 2 aliphatic rings. The molecule has 1 unspecified atom stereocenters. The van der Waals surface area contributed by atoms with Crippen molar-refractivity contribution in [3.8, 4) is 0 Å². The van der Waals surface area contributed by atoms with Crippen molar-refractivity contribution in [1.82, 2.24) is 5.32 Å². The molecule has 1 aromatic rings. The van der Waals surface area contributed by atoms with Gasteiger partial charge in [0, 0.05) is 22.8 Å². The van der Waals surface area contributed by atoms with Crippen LogP contribution in [0.25, 0.3) is 0 Å². The molecule has 1 aliphatic carbocycles. The second kappa shape index (κ2) is 5.23. The third-order valence-corrected chi connectivity index (χ3v) is 4.73. The van der Waals surface area contributed by atoms with Crippen molar-refractivity contribution in [2.75, 3.05) is 6.54 Å². The first-order chi connectivity index (χ1) is 8.42. The zero-order valence-corrected chi connectivity index (χ0v) is 10.9. The molecule has 0 amide bonds. The van der Waals surface area contributed by atoms with Crippen molar-refractivity contribution in [2.24, 2.45) is 0 Å². The largest absolute Gasteiger partial charge is 0.497 e. The van der Waals surface area contributed by atoms with Crippen LogP contribution in [0.1, 0.15) is 34.6 Å². The molecule has 92 valence electrons. The van der Waals surface area contributed by atoms with Gasteiger partial charge in [-0.25, -0.2) is 0 Å². The Morgan fingerprint density at radius 1 is 1.41 bits per heavy atom. The number of aryl methyl sites for hydroxylation is 2. The van der Waals surface area contributed by atoms with Gasteiger partial charge in [0.05, 0.1) is 6.26 Å². The molecule has 1 atom stereocenters. The maximum atomic E-state index is 5.54. The van der Waals surface area contributed by atoms with E-state index in [4.69, 9.17) is 4.74 Å². The highest BCUT2D eigenvalue weighted by Gasteiger charge is 2.15. The number of hydrogen-bond acceptors (Lipinski definition) is 3. The second-order valence-electron chi connectivity index (χ2n) is 4.85. The average Bonchev–Trinajstić information content (AvgIpc) is 2.91. The van der Waals surface area contributed by atoms with Crippen LogP contribution in [0.15, 0.2) is 18.4 Å². The summed E-state index contributed by atoms with van der Waals surface area (Å²) in [6, 6.07) is 2.39. The summed E-state index contributed by atoms with van der Waals surface area (Å²) in [5.41, 5.74) is 1.60. The molecule has 0 aromatic carbocycles. The summed E-state index contributed by atoms with van der Waals surface area (Å²) >= 11 is 1.99. The van der Waals surface area contributed by atoms with Crippen molar-refractivity contribution in [3.05, 3.63) is 33.7 Å². The molecular weight excluding hydrogens is 230 g/mol. The highest BCUT2D eigenvalue weighted by atomic mass is 32.1. The Bertz CT molecular complexity index is 389. The van der Waals surface area contributed by atoms with Gasteiger partial charge in [-0.1, -0.05) is 0 Å². The Hall–Kier alpha value is -0.800. The normalized spacial score (nSPS) is 22.5. The molecule has 3 heteroatoms. The van der Waals surface area contributed by atoms with Crippen molar-refractivity contribution in [2.45, 2.75) is 44.8 Å². The molecule has 1 aliphatic heterocycles. The van der Waals surface area contributed by atoms with Gasteiger partial charge in [-0.05, 0) is 49.8 Å². The molecule has 0 saturated heterocycles. The van der Waals surface area contributed by atoms with Gasteiger partial charge in [-0.2, -0.15) is 0 Å². The predicted octanol–water partition coefficient (Wildman–Crippen LogP) is 3.02. The van der Waals surface area contributed by atoms with Gasteiger partial charge >= 0.3 is 0 Å². The monoisotopic (exact) mass is 249 g/mol. The molecule has 1 aromatic heterocycles. The first-order valence-electron chi connectivity index (χ1n) is 6.53. The zero-order valence-electron chi connectivity index (χ0n) is 10.1. The molecule has 1 N–H and O–H groups in total. The lowest BCUT2D eigenvalue weighted by Crippen LogP contribution is -2.28. The van der Waals surface area contributed by atoms with Crippen LogP contribution < -0.4 is 5.32 Å². The molecule has 17 heavy (non-hydrogen) atoms. The second-order valence-corrected chi connectivity index (χ2v) is 6.07. The van der Waals surface area contributed by atoms with Gasteiger partial charge in [0.1, 0.15) is 6.10 Å². The lowest BCUT2D eigenvalue weighted by atomic mass is 10.1. The summed E-state index contributed by atoms with van der Waals surface area (Å²) in [6.45, 7) is 1.97. The van der Waals surface area contributed by atoms with Crippen molar-refractivity contribution in [3.63, 3.8) is 0 Å². The van der Waals surface area contributed by atoms with Crippen LogP contribution in [0.3, 0.4) is 0 Å². The van der Waals surface area contributed by atoms with Crippen LogP contribution in [0, 0.1) is 0 Å². The molecule has 0 spiro atoms. The molecule has 0 saturated carbocycles. The maximum absolute atomic E-state index is 5.54. The molecule has 0 bridgehead atoms. The number of fused-ring (bicyclic) bond motifs is 1. The lowest BCUT2D eigenvalue weighted by molar-refractivity contribution is 0.122. The quantitative estimate of drug-likeness (QED) is 0.885. The van der Waals surface area contributed by atoms with E-state index in [1.807, 2.05) is 17.6 Å². The maximum Gasteiger partial charge on any atom is 0.110 e. The van der Waals surface area contributed by atoms with E-state index in [-0.39, 0.29) is 0 Å². The van der Waals surface area contributed by atoms with Gasteiger partial charge < -0.3 is 10.1 Å². The first-order valence-corrected chi connectivity index (χ1v) is 7.35. The Balaban J connectivity index is 1.45. The fourth-order valence-corrected chi connectivity index (χ4v) is 3.80. The Labute approximate surface area is 107 Å². The Morgan fingerprint density at radius 3 is 3.24 bits per heavy atom. The van der Waals surface area contributed by atoms with Gasteiger partial charge in [-0.15, -0.1) is 11.3 Å². The van der Waals surface area contributed by atoms with Crippen LogP contribution in [0.2, 0.25) is 0 Å². The first kappa shape index (κ1) is 11.3. The van der Waals surface area contributed by atoms with Gasteiger partial charge in [0.25, 0.3) is 0 Å². The third kappa shape index (κ3) is 2.72. The molecule has 2 heterocycles. The van der Waals surface area contributed by atoms with Gasteiger partial charge in [-0.3, -0.25) is 0 Å². The van der Waals surface area contributed by atoms with Crippen molar-refractivity contribution >= 4 is 11.3 Å². The molecule has 2 nitrogen and oxygen atoms in total. The van der Waals surface area contributed by atoms with Crippen molar-refractivity contribution < 1.29 is 4.74 Å². The SMILES string of the molecule is C1=COC(CNCc2cc3c(s2)CCC3)CC1. The predicted molar refractivity (Wildman–Crippen MR) is 71.3 cm³/mol. The summed E-state index contributed by atoms with van der Waals surface area (Å²) in [4.78, 5) is 3.11. The average molecular weight is 249 g/mol. The van der Waals surface area contributed by atoms with E-state index in [1.54, 1.807) is 10.4 Å². The van der Waals surface area contributed by atoms with E-state index in [9.17, 15) is 0 Å². The third-order valence-electron chi connectivity index (χ3n) is 3.49. The minimum absolute atomic E-state index is 0.367. The number of thiophene rings is 1. The number of allylic oxidation sites excluding steroid dienone is 1. The smallest absolute Gasteiger partial charge is 0.110 e. The van der Waals surface area contributed by atoms with E-state index in [2.05, 4.69) is 17.5 Å². The Kier molecular flexibility index (Phi) is 3.48. The lowest BCUT2D eigenvalue weighted by Gasteiger charge is -2.19. The Morgan fingerprint density at radius 2 is 2.41 bits per heavy atom. The van der Waals surface area contributed by atoms with Gasteiger partial charge in [0.15, 0.2) is 0 Å². The molecule has 0 fully saturated rings. The minimum Gasteiger partial charge on any atom is -0.497 e. The van der Waals surface area contributed by atoms with Crippen LogP contribution in [-0.2, 0) is 24.1 Å². The number of rotatable bonds is 4. The standard InChI is InChI=1S/C14H19NOS/c1-2-7-16-12(5-1)9-15-10-13-8-11-4-3-6-14(11)17-13/h2,7-8,12,15H,1,3-6,9-10H2. The summed E-state index contributed by atoms with van der Waals surface area (Å²) in [5.74, 6) is 0. The highest BCUT2D eigenvalue weighted by Crippen LogP contribution is 2.30. The number of hydrogen-bond donors (Lipinski definition) is 1. The molecule has 0 radical (unpaired) electrons. The summed E-state index contributed by atoms with van der Waals surface area (Å²) in [7, 11) is 0. The zero-order chi connectivity index (χ0) is 11.5. The van der Waals surface area contributed by atoms with Crippen molar-refractivity contribution in [1.29, 1.82) is 0 Å². The number of ether oxygens (including phenoxy) is 1. The fourth-order valence-electron chi connectivity index (χ4n) is 2.57. The van der Waals surface area contributed by atoms with Gasteiger partial charge in [0.2, 0.25) is 0 Å². The molecule has 3 rings (SSSR count). The van der Waals surface area contributed by atoms with Crippen LogP contribution in [0.5, 0.6) is 0 Å². The topological polar surface area (TPSA) is 21.3 Å². The minimum atomic E-state index is 0.367. The van der Waals surface area contributed by atoms with Crippen LogP contribution in [-0.4, -0.2) is 12.6 Å². The molecular formula is C14H19NOS. The van der Waals surface area contributed by atoms with E-state index >= 15 is 0 Å². The fraction of sp³-hybridized carbons (Fsp3) is 0.571. The van der Waals surface area contributed by atoms with E-state index in [0.717, 1.165) is 25.9 Å². The highest BCUT2D eigenvalue weighted by molar-refractivity contribution is 7.12. The van der Waals surface area contributed by atoms with E-state index in [1.165, 1.54) is 24.1 Å². The van der Waals surface area contributed by atoms with Crippen LogP contribution in [0.4, 0.5) is 0 Å². The van der Waals surface area contributed by atoms with E-state index in [0.29, 0.717) is 6.10 Å². The summed E-state index contributed by atoms with van der Waals surface area (Å²) < 4.78 is 5.54. The number of nitrogens with one attached hydrogen (secondary N) is 1. The van der Waals surface area contributed by atoms with E-state index < -0.39 is 0 Å². The van der Waals surface area contributed by atoms with Crippen LogP contribution >= 0.6 is 11.3 Å². The summed E-state index contributed by atoms with van der Waals surface area (Å²) in [6.07, 6.45) is 10.6.